The number of aromatic hydroxyl groups is 1. The van der Waals surface area contributed by atoms with Crippen LogP contribution >= 0.6 is 11.8 Å². The molecule has 2 N–H and O–H groups in total. The summed E-state index contributed by atoms with van der Waals surface area (Å²) in [4.78, 5) is 12.9. The number of phenols is 1. The van der Waals surface area contributed by atoms with E-state index in [1.54, 1.807) is 18.2 Å². The van der Waals surface area contributed by atoms with Gasteiger partial charge >= 0.3 is 0 Å². The van der Waals surface area contributed by atoms with Crippen molar-refractivity contribution in [3.63, 3.8) is 0 Å². The maximum absolute atomic E-state index is 12.9. The van der Waals surface area contributed by atoms with Crippen LogP contribution in [0.2, 0.25) is 0 Å². The average molecular weight is 445 g/mol. The number of aromatic nitrogens is 3. The van der Waals surface area contributed by atoms with Crippen molar-refractivity contribution in [3.05, 3.63) is 83.9 Å². The van der Waals surface area contributed by atoms with E-state index in [4.69, 9.17) is 0 Å². The van der Waals surface area contributed by atoms with Gasteiger partial charge in [0.15, 0.2) is 11.0 Å². The molecule has 0 radical (unpaired) electrons. The molecule has 0 fully saturated rings. The number of aryl methyl sites for hydroxylation is 2. The summed E-state index contributed by atoms with van der Waals surface area (Å²) in [5, 5.41) is 22.3. The zero-order chi connectivity index (χ0) is 22.7. The number of benzene rings is 3. The van der Waals surface area contributed by atoms with E-state index >= 15 is 0 Å². The van der Waals surface area contributed by atoms with E-state index < -0.39 is 5.25 Å². The van der Waals surface area contributed by atoms with Crippen LogP contribution in [0.5, 0.6) is 5.75 Å². The van der Waals surface area contributed by atoms with Crippen LogP contribution in [0, 0.1) is 13.8 Å². The van der Waals surface area contributed by atoms with Gasteiger partial charge in [0.2, 0.25) is 5.91 Å². The number of nitrogens with zero attached hydrogens (tertiary/aromatic N) is 3. The van der Waals surface area contributed by atoms with Gasteiger partial charge in [0.1, 0.15) is 5.75 Å². The molecule has 0 saturated heterocycles. The number of anilines is 1. The van der Waals surface area contributed by atoms with E-state index in [9.17, 15) is 9.90 Å². The third kappa shape index (κ3) is 4.53. The van der Waals surface area contributed by atoms with Gasteiger partial charge in [0.25, 0.3) is 0 Å². The predicted octanol–water partition coefficient (Wildman–Crippen LogP) is 5.38. The molecule has 1 atom stereocenters. The van der Waals surface area contributed by atoms with Crippen LogP contribution in [0.4, 0.5) is 5.69 Å². The van der Waals surface area contributed by atoms with Crippen LogP contribution in [0.1, 0.15) is 18.1 Å². The molecule has 1 amide bonds. The highest BCUT2D eigenvalue weighted by Gasteiger charge is 2.23. The number of nitrogens with one attached hydrogen (secondary N) is 1. The fourth-order valence-corrected chi connectivity index (χ4v) is 4.14. The zero-order valence-corrected chi connectivity index (χ0v) is 18.9. The molecule has 0 bridgehead atoms. The minimum atomic E-state index is -0.416. The molecule has 4 aromatic rings. The average Bonchev–Trinajstić information content (AvgIpc) is 3.19. The van der Waals surface area contributed by atoms with Gasteiger partial charge in [0.05, 0.1) is 10.8 Å². The first-order valence-electron chi connectivity index (χ1n) is 10.3. The van der Waals surface area contributed by atoms with Gasteiger partial charge in [0, 0.05) is 11.4 Å². The summed E-state index contributed by atoms with van der Waals surface area (Å²) < 4.78 is 1.87. The molecule has 0 saturated carbocycles. The van der Waals surface area contributed by atoms with Gasteiger partial charge in [-0.05, 0) is 56.7 Å². The number of rotatable bonds is 6. The molecule has 0 spiro atoms. The van der Waals surface area contributed by atoms with Crippen molar-refractivity contribution in [2.24, 2.45) is 0 Å². The Bertz CT molecular complexity index is 1250. The quantitative estimate of drug-likeness (QED) is 0.391. The number of amides is 1. The molecule has 7 heteroatoms. The number of thioether (sulfide) groups is 1. The number of carbonyl (C=O) groups excluding carboxylic acids is 1. The fraction of sp³-hybridized carbons (Fsp3) is 0.160. The number of para-hydroxylation sites is 2. The highest BCUT2D eigenvalue weighted by Crippen LogP contribution is 2.34. The van der Waals surface area contributed by atoms with Gasteiger partial charge in [-0.3, -0.25) is 9.36 Å². The number of carbonyl (C=O) groups is 1. The first kappa shape index (κ1) is 21.6. The van der Waals surface area contributed by atoms with E-state index in [2.05, 4.69) is 15.5 Å². The fourth-order valence-electron chi connectivity index (χ4n) is 3.27. The van der Waals surface area contributed by atoms with Crippen molar-refractivity contribution < 1.29 is 9.90 Å². The van der Waals surface area contributed by atoms with Gasteiger partial charge in [-0.25, -0.2) is 0 Å². The molecule has 0 aliphatic heterocycles. The molecule has 3 aromatic carbocycles. The molecule has 1 heterocycles. The van der Waals surface area contributed by atoms with E-state index in [0.29, 0.717) is 16.5 Å². The van der Waals surface area contributed by atoms with E-state index in [1.165, 1.54) is 11.8 Å². The van der Waals surface area contributed by atoms with Gasteiger partial charge in [-0.1, -0.05) is 59.8 Å². The summed E-state index contributed by atoms with van der Waals surface area (Å²) in [5.41, 5.74) is 4.35. The first-order valence-corrected chi connectivity index (χ1v) is 11.2. The summed E-state index contributed by atoms with van der Waals surface area (Å²) in [7, 11) is 0. The standard InChI is InChI=1S/C25H24N4O2S/c1-16-12-14-19(15-13-16)29-23(20-9-5-7-11-22(20)30)27-28-25(29)32-18(3)24(31)26-21-10-6-4-8-17(21)2/h4-15,18,30H,1-3H3,(H,26,31). The number of phenolic OH excluding ortho intramolecular Hbond substituents is 1. The molecule has 32 heavy (non-hydrogen) atoms. The molecule has 4 rings (SSSR count). The summed E-state index contributed by atoms with van der Waals surface area (Å²) in [6.07, 6.45) is 0. The zero-order valence-electron chi connectivity index (χ0n) is 18.1. The van der Waals surface area contributed by atoms with Crippen molar-refractivity contribution in [3.8, 4) is 22.8 Å². The lowest BCUT2D eigenvalue weighted by Gasteiger charge is -2.15. The Kier molecular flexibility index (Phi) is 6.28. The Morgan fingerprint density at radius 2 is 1.66 bits per heavy atom. The lowest BCUT2D eigenvalue weighted by molar-refractivity contribution is -0.115. The second kappa shape index (κ2) is 9.28. The highest BCUT2D eigenvalue weighted by atomic mass is 32.2. The van der Waals surface area contributed by atoms with Crippen molar-refractivity contribution in [2.75, 3.05) is 5.32 Å². The highest BCUT2D eigenvalue weighted by molar-refractivity contribution is 8.00. The molecular weight excluding hydrogens is 420 g/mol. The third-order valence-corrected chi connectivity index (χ3v) is 6.17. The summed E-state index contributed by atoms with van der Waals surface area (Å²) in [6.45, 7) is 5.82. The molecule has 162 valence electrons. The Morgan fingerprint density at radius 3 is 2.38 bits per heavy atom. The second-order valence-electron chi connectivity index (χ2n) is 7.56. The Hall–Kier alpha value is -3.58. The molecule has 6 nitrogen and oxygen atoms in total. The normalized spacial score (nSPS) is 11.8. The van der Waals surface area contributed by atoms with Crippen molar-refractivity contribution in [2.45, 2.75) is 31.2 Å². The van der Waals surface area contributed by atoms with Crippen LogP contribution in [-0.2, 0) is 4.79 Å². The molecular formula is C25H24N4O2S. The van der Waals surface area contributed by atoms with Crippen molar-refractivity contribution in [1.29, 1.82) is 0 Å². The lowest BCUT2D eigenvalue weighted by Crippen LogP contribution is -2.23. The van der Waals surface area contributed by atoms with E-state index in [0.717, 1.165) is 22.5 Å². The monoisotopic (exact) mass is 444 g/mol. The van der Waals surface area contributed by atoms with Crippen LogP contribution in [0.3, 0.4) is 0 Å². The van der Waals surface area contributed by atoms with Crippen molar-refractivity contribution >= 4 is 23.4 Å². The third-order valence-electron chi connectivity index (χ3n) is 5.12. The lowest BCUT2D eigenvalue weighted by atomic mass is 10.1. The molecule has 1 unspecified atom stereocenters. The molecule has 0 aliphatic rings. The Morgan fingerprint density at radius 1 is 0.969 bits per heavy atom. The van der Waals surface area contributed by atoms with E-state index in [1.807, 2.05) is 79.9 Å². The van der Waals surface area contributed by atoms with Crippen LogP contribution in [0.25, 0.3) is 17.1 Å². The summed E-state index contributed by atoms with van der Waals surface area (Å²) in [6, 6.07) is 22.7. The topological polar surface area (TPSA) is 80.0 Å². The predicted molar refractivity (Wildman–Crippen MR) is 128 cm³/mol. The minimum Gasteiger partial charge on any atom is -0.507 e. The van der Waals surface area contributed by atoms with Crippen LogP contribution < -0.4 is 5.32 Å². The minimum absolute atomic E-state index is 0.119. The molecule has 1 aromatic heterocycles. The summed E-state index contributed by atoms with van der Waals surface area (Å²) >= 11 is 1.32. The largest absolute Gasteiger partial charge is 0.507 e. The van der Waals surface area contributed by atoms with E-state index in [-0.39, 0.29) is 11.7 Å². The SMILES string of the molecule is Cc1ccc(-n2c(SC(C)C(=O)Nc3ccccc3C)nnc2-c2ccccc2O)cc1. The maximum Gasteiger partial charge on any atom is 0.237 e. The van der Waals surface area contributed by atoms with Crippen molar-refractivity contribution in [1.82, 2.24) is 14.8 Å². The Balaban J connectivity index is 1.68. The number of hydrogen-bond donors (Lipinski definition) is 2. The van der Waals surface area contributed by atoms with Gasteiger partial charge in [-0.15, -0.1) is 10.2 Å². The molecule has 0 aliphatic carbocycles. The smallest absolute Gasteiger partial charge is 0.237 e. The number of hydrogen-bond acceptors (Lipinski definition) is 5. The second-order valence-corrected chi connectivity index (χ2v) is 8.87. The first-order chi connectivity index (χ1) is 15.4. The Labute approximate surface area is 191 Å². The maximum atomic E-state index is 12.9. The summed E-state index contributed by atoms with van der Waals surface area (Å²) in [5.74, 6) is 0.517. The van der Waals surface area contributed by atoms with Crippen LogP contribution in [0.15, 0.2) is 78.0 Å². The van der Waals surface area contributed by atoms with Crippen LogP contribution in [-0.4, -0.2) is 31.0 Å². The van der Waals surface area contributed by atoms with Gasteiger partial charge in [-0.2, -0.15) is 0 Å². The van der Waals surface area contributed by atoms with Gasteiger partial charge < -0.3 is 10.4 Å².